The van der Waals surface area contributed by atoms with Crippen LogP contribution in [0.25, 0.3) is 11.5 Å². The third-order valence-electron chi connectivity index (χ3n) is 3.94. The molecule has 0 saturated carbocycles. The molecule has 3 aromatic rings. The summed E-state index contributed by atoms with van der Waals surface area (Å²) >= 11 is 0. The number of nitrogens with zero attached hydrogens (tertiary/aromatic N) is 3. The minimum atomic E-state index is -0.895. The molecule has 0 aliphatic rings. The van der Waals surface area contributed by atoms with Crippen LogP contribution in [0, 0.1) is 11.6 Å². The van der Waals surface area contributed by atoms with Gasteiger partial charge in [-0.3, -0.25) is 9.78 Å². The molecule has 2 aromatic heterocycles. The number of amides is 1. The van der Waals surface area contributed by atoms with Crippen molar-refractivity contribution >= 4 is 11.7 Å². The van der Waals surface area contributed by atoms with Gasteiger partial charge in [-0.05, 0) is 30.7 Å². The zero-order valence-corrected chi connectivity index (χ0v) is 15.2. The molecule has 0 fully saturated rings. The monoisotopic (exact) mass is 383 g/mol. The summed E-state index contributed by atoms with van der Waals surface area (Å²) in [6, 6.07) is 10.6. The van der Waals surface area contributed by atoms with E-state index in [0.717, 1.165) is 24.2 Å². The molecule has 144 valence electrons. The van der Waals surface area contributed by atoms with E-state index in [-0.39, 0.29) is 6.54 Å². The van der Waals surface area contributed by atoms with E-state index in [1.807, 2.05) is 31.2 Å². The first-order valence-corrected chi connectivity index (χ1v) is 8.84. The van der Waals surface area contributed by atoms with E-state index < -0.39 is 23.1 Å². The molecule has 28 heavy (non-hydrogen) atoms. The lowest BCUT2D eigenvalue weighted by Gasteiger charge is -2.10. The lowest BCUT2D eigenvalue weighted by molar-refractivity contribution is 0.0946. The van der Waals surface area contributed by atoms with Crippen LogP contribution in [0.3, 0.4) is 0 Å². The molecule has 0 bridgehead atoms. The van der Waals surface area contributed by atoms with Gasteiger partial charge in [-0.25, -0.2) is 18.7 Å². The van der Waals surface area contributed by atoms with E-state index in [1.54, 1.807) is 6.20 Å². The third kappa shape index (κ3) is 4.64. The number of aromatic nitrogens is 3. The standard InChI is InChI=1S/C20H19F2N5O/c1-2-13-12-17(27-19(26-13)16-8-3-4-9-23-16)24-10-11-25-20(28)18-14(21)6-5-7-15(18)22/h3-9,12H,2,10-11H2,1H3,(H,25,28)(H,24,26,27). The molecule has 0 aliphatic carbocycles. The van der Waals surface area contributed by atoms with Crippen molar-refractivity contribution in [3.05, 3.63) is 71.6 Å². The zero-order valence-electron chi connectivity index (χ0n) is 15.2. The second kappa shape index (κ2) is 8.98. The van der Waals surface area contributed by atoms with E-state index in [4.69, 9.17) is 0 Å². The number of nitrogens with one attached hydrogen (secondary N) is 2. The summed E-state index contributed by atoms with van der Waals surface area (Å²) < 4.78 is 27.2. The van der Waals surface area contributed by atoms with Gasteiger partial charge in [0.2, 0.25) is 0 Å². The van der Waals surface area contributed by atoms with Gasteiger partial charge in [-0.2, -0.15) is 0 Å². The first kappa shape index (κ1) is 19.3. The van der Waals surface area contributed by atoms with Crippen molar-refractivity contribution in [2.45, 2.75) is 13.3 Å². The minimum absolute atomic E-state index is 0.164. The van der Waals surface area contributed by atoms with E-state index in [1.165, 1.54) is 6.07 Å². The fourth-order valence-electron chi connectivity index (χ4n) is 2.55. The highest BCUT2D eigenvalue weighted by Crippen LogP contribution is 2.16. The van der Waals surface area contributed by atoms with E-state index in [0.29, 0.717) is 23.9 Å². The predicted molar refractivity (Wildman–Crippen MR) is 102 cm³/mol. The second-order valence-corrected chi connectivity index (χ2v) is 5.92. The first-order chi connectivity index (χ1) is 13.6. The van der Waals surface area contributed by atoms with Gasteiger partial charge in [0.15, 0.2) is 5.82 Å². The maximum Gasteiger partial charge on any atom is 0.257 e. The van der Waals surface area contributed by atoms with Gasteiger partial charge in [0.05, 0.1) is 0 Å². The Balaban J connectivity index is 1.62. The normalized spacial score (nSPS) is 10.5. The summed E-state index contributed by atoms with van der Waals surface area (Å²) in [5, 5.41) is 5.57. The van der Waals surface area contributed by atoms with Crippen LogP contribution >= 0.6 is 0 Å². The summed E-state index contributed by atoms with van der Waals surface area (Å²) in [4.78, 5) is 25.1. The summed E-state index contributed by atoms with van der Waals surface area (Å²) in [5.41, 5.74) is 0.912. The molecule has 2 N–H and O–H groups in total. The van der Waals surface area contributed by atoms with Crippen molar-refractivity contribution in [3.63, 3.8) is 0 Å². The van der Waals surface area contributed by atoms with Crippen LogP contribution in [0.15, 0.2) is 48.7 Å². The molecule has 6 nitrogen and oxygen atoms in total. The highest BCUT2D eigenvalue weighted by Gasteiger charge is 2.16. The summed E-state index contributed by atoms with van der Waals surface area (Å²) in [5.74, 6) is -1.51. The largest absolute Gasteiger partial charge is 0.368 e. The number of aryl methyl sites for hydroxylation is 1. The summed E-state index contributed by atoms with van der Waals surface area (Å²) in [6.07, 6.45) is 2.39. The topological polar surface area (TPSA) is 79.8 Å². The minimum Gasteiger partial charge on any atom is -0.368 e. The van der Waals surface area contributed by atoms with Crippen molar-refractivity contribution in [3.8, 4) is 11.5 Å². The highest BCUT2D eigenvalue weighted by molar-refractivity contribution is 5.94. The Morgan fingerprint density at radius 3 is 2.50 bits per heavy atom. The van der Waals surface area contributed by atoms with Crippen molar-refractivity contribution in [2.75, 3.05) is 18.4 Å². The van der Waals surface area contributed by atoms with Crippen molar-refractivity contribution in [1.82, 2.24) is 20.3 Å². The SMILES string of the molecule is CCc1cc(NCCNC(=O)c2c(F)cccc2F)nc(-c2ccccn2)n1. The Morgan fingerprint density at radius 1 is 1.04 bits per heavy atom. The maximum absolute atomic E-state index is 13.6. The Bertz CT molecular complexity index is 946. The highest BCUT2D eigenvalue weighted by atomic mass is 19.1. The lowest BCUT2D eigenvalue weighted by atomic mass is 10.2. The van der Waals surface area contributed by atoms with Crippen LogP contribution < -0.4 is 10.6 Å². The zero-order chi connectivity index (χ0) is 19.9. The average Bonchev–Trinajstić information content (AvgIpc) is 2.71. The maximum atomic E-state index is 13.6. The quantitative estimate of drug-likeness (QED) is 0.613. The molecule has 3 rings (SSSR count). The molecule has 1 aromatic carbocycles. The molecule has 0 radical (unpaired) electrons. The average molecular weight is 383 g/mol. The number of anilines is 1. The third-order valence-corrected chi connectivity index (χ3v) is 3.94. The first-order valence-electron chi connectivity index (χ1n) is 8.84. The molecule has 0 unspecified atom stereocenters. The smallest absolute Gasteiger partial charge is 0.257 e. The number of rotatable bonds is 7. The van der Waals surface area contributed by atoms with E-state index in [9.17, 15) is 13.6 Å². The van der Waals surface area contributed by atoms with Crippen molar-refractivity contribution < 1.29 is 13.6 Å². The lowest BCUT2D eigenvalue weighted by Crippen LogP contribution is -2.30. The number of hydrogen-bond acceptors (Lipinski definition) is 5. The van der Waals surface area contributed by atoms with Gasteiger partial charge in [-0.1, -0.05) is 19.1 Å². The molecule has 1 amide bonds. The fraction of sp³-hybridized carbons (Fsp3) is 0.200. The Morgan fingerprint density at radius 2 is 1.82 bits per heavy atom. The molecule has 0 atom stereocenters. The fourth-order valence-corrected chi connectivity index (χ4v) is 2.55. The molecule has 0 spiro atoms. The summed E-state index contributed by atoms with van der Waals surface area (Å²) in [6.45, 7) is 2.47. The Kier molecular flexibility index (Phi) is 6.21. The predicted octanol–water partition coefficient (Wildman–Crippen LogP) is 3.22. The molecular formula is C20H19F2N5O. The number of benzene rings is 1. The van der Waals surface area contributed by atoms with Crippen LogP contribution in [-0.4, -0.2) is 33.9 Å². The number of hydrogen-bond donors (Lipinski definition) is 2. The Hall–Kier alpha value is -3.42. The van der Waals surface area contributed by atoms with Gasteiger partial charge in [0, 0.05) is 31.0 Å². The van der Waals surface area contributed by atoms with E-state index >= 15 is 0 Å². The van der Waals surface area contributed by atoms with Crippen LogP contribution in [0.5, 0.6) is 0 Å². The van der Waals surface area contributed by atoms with Gasteiger partial charge >= 0.3 is 0 Å². The number of pyridine rings is 1. The molecule has 0 aliphatic heterocycles. The number of carbonyl (C=O) groups is 1. The number of carbonyl (C=O) groups excluding carboxylic acids is 1. The van der Waals surface area contributed by atoms with Crippen LogP contribution in [0.4, 0.5) is 14.6 Å². The van der Waals surface area contributed by atoms with Crippen molar-refractivity contribution in [2.24, 2.45) is 0 Å². The van der Waals surface area contributed by atoms with Crippen LogP contribution in [0.2, 0.25) is 0 Å². The number of halogens is 2. The van der Waals surface area contributed by atoms with Crippen LogP contribution in [0.1, 0.15) is 23.0 Å². The summed E-state index contributed by atoms with van der Waals surface area (Å²) in [7, 11) is 0. The molecule has 2 heterocycles. The van der Waals surface area contributed by atoms with Crippen molar-refractivity contribution in [1.29, 1.82) is 0 Å². The Labute approximate surface area is 161 Å². The van der Waals surface area contributed by atoms with Gasteiger partial charge in [0.25, 0.3) is 5.91 Å². The van der Waals surface area contributed by atoms with Gasteiger partial charge < -0.3 is 10.6 Å². The second-order valence-electron chi connectivity index (χ2n) is 5.92. The van der Waals surface area contributed by atoms with Crippen LogP contribution in [-0.2, 0) is 6.42 Å². The molecule has 0 saturated heterocycles. The van der Waals surface area contributed by atoms with Gasteiger partial charge in [-0.15, -0.1) is 0 Å². The van der Waals surface area contributed by atoms with Gasteiger partial charge in [0.1, 0.15) is 28.7 Å². The molecule has 8 heteroatoms. The van der Waals surface area contributed by atoms with E-state index in [2.05, 4.69) is 25.6 Å². The molecular weight excluding hydrogens is 364 g/mol.